The quantitative estimate of drug-likeness (QED) is 0.885. The van der Waals surface area contributed by atoms with Crippen LogP contribution in [0.1, 0.15) is 36.3 Å². The lowest BCUT2D eigenvalue weighted by molar-refractivity contribution is -0.128. The minimum absolute atomic E-state index is 0.00625. The summed E-state index contributed by atoms with van der Waals surface area (Å²) in [6, 6.07) is 16.3. The van der Waals surface area contributed by atoms with Gasteiger partial charge in [0.05, 0.1) is 0 Å². The molecule has 2 aromatic rings. The van der Waals surface area contributed by atoms with E-state index in [0.29, 0.717) is 5.92 Å². The van der Waals surface area contributed by atoms with Crippen molar-refractivity contribution in [2.45, 2.75) is 37.3 Å². The van der Waals surface area contributed by atoms with Crippen molar-refractivity contribution >= 4 is 21.8 Å². The molecular weight excluding hydrogens is 354 g/mol. The molecule has 1 aliphatic carbocycles. The van der Waals surface area contributed by atoms with Crippen molar-refractivity contribution in [2.75, 3.05) is 0 Å². The molecule has 0 spiro atoms. The molecule has 0 radical (unpaired) electrons. The number of nitrogens with one attached hydrogen (secondary N) is 1. The van der Waals surface area contributed by atoms with Gasteiger partial charge in [-0.2, -0.15) is 0 Å². The summed E-state index contributed by atoms with van der Waals surface area (Å²) >= 11 is 3.59. The van der Waals surface area contributed by atoms with E-state index in [1.807, 2.05) is 49.4 Å². The third kappa shape index (κ3) is 2.65. The standard InChI is InChI=1S/C19H18BrNO2/c1-11-12-6-3-5-9-17(12)23-18(11)19(22)21-16-10-14(16)13-7-2-4-8-15(13)20/h2-9,11,14,16,18H,10H2,1H3,(H,21,22)/t11-,14+,16-,18-/m1/s1. The van der Waals surface area contributed by atoms with Crippen LogP contribution in [0.15, 0.2) is 53.0 Å². The average molecular weight is 372 g/mol. The summed E-state index contributed by atoms with van der Waals surface area (Å²) in [5.74, 6) is 1.31. The Labute approximate surface area is 144 Å². The number of para-hydroxylation sites is 1. The smallest absolute Gasteiger partial charge is 0.261 e. The highest BCUT2D eigenvalue weighted by Crippen LogP contribution is 2.44. The fourth-order valence-corrected chi connectivity index (χ4v) is 3.96. The van der Waals surface area contributed by atoms with E-state index < -0.39 is 6.10 Å². The summed E-state index contributed by atoms with van der Waals surface area (Å²) in [4.78, 5) is 12.6. The van der Waals surface area contributed by atoms with Crippen molar-refractivity contribution in [1.29, 1.82) is 0 Å². The molecular formula is C19H18BrNO2. The highest BCUT2D eigenvalue weighted by Gasteiger charge is 2.44. The first-order valence-electron chi connectivity index (χ1n) is 7.95. The molecule has 2 aromatic carbocycles. The van der Waals surface area contributed by atoms with Gasteiger partial charge < -0.3 is 10.1 Å². The molecule has 1 heterocycles. The van der Waals surface area contributed by atoms with Crippen molar-refractivity contribution < 1.29 is 9.53 Å². The predicted molar refractivity (Wildman–Crippen MR) is 92.7 cm³/mol. The van der Waals surface area contributed by atoms with Crippen LogP contribution in [0.25, 0.3) is 0 Å². The van der Waals surface area contributed by atoms with Gasteiger partial charge in [0.15, 0.2) is 6.10 Å². The number of ether oxygens (including phenoxy) is 1. The molecule has 23 heavy (non-hydrogen) atoms. The molecule has 1 saturated carbocycles. The van der Waals surface area contributed by atoms with Crippen LogP contribution in [-0.4, -0.2) is 18.1 Å². The first-order valence-corrected chi connectivity index (χ1v) is 8.75. The summed E-state index contributed by atoms with van der Waals surface area (Å²) in [6.45, 7) is 2.05. The van der Waals surface area contributed by atoms with Gasteiger partial charge in [0.2, 0.25) is 0 Å². The van der Waals surface area contributed by atoms with Gasteiger partial charge in [0.1, 0.15) is 5.75 Å². The second kappa shape index (κ2) is 5.68. The molecule has 4 heteroatoms. The first kappa shape index (κ1) is 14.8. The molecule has 118 valence electrons. The van der Waals surface area contributed by atoms with Crippen molar-refractivity contribution in [3.8, 4) is 5.75 Å². The maximum Gasteiger partial charge on any atom is 0.261 e. The first-order chi connectivity index (χ1) is 11.1. The van der Waals surface area contributed by atoms with E-state index >= 15 is 0 Å². The Morgan fingerprint density at radius 2 is 1.83 bits per heavy atom. The maximum absolute atomic E-state index is 12.6. The zero-order chi connectivity index (χ0) is 16.0. The SMILES string of the molecule is C[C@@H]1c2ccccc2O[C@H]1C(=O)N[C@@H]1C[C@H]1c1ccccc1Br. The largest absolute Gasteiger partial charge is 0.480 e. The maximum atomic E-state index is 12.6. The number of rotatable bonds is 3. The van der Waals surface area contributed by atoms with E-state index in [9.17, 15) is 4.79 Å². The highest BCUT2D eigenvalue weighted by atomic mass is 79.9. The van der Waals surface area contributed by atoms with Crippen LogP contribution in [0.5, 0.6) is 5.75 Å². The number of fused-ring (bicyclic) bond motifs is 1. The average Bonchev–Trinajstić information content (AvgIpc) is 3.23. The molecule has 0 unspecified atom stereocenters. The molecule has 3 nitrogen and oxygen atoms in total. The fourth-order valence-electron chi connectivity index (χ4n) is 3.39. The van der Waals surface area contributed by atoms with Gasteiger partial charge in [-0.25, -0.2) is 0 Å². The molecule has 2 aliphatic rings. The van der Waals surface area contributed by atoms with Crippen molar-refractivity contribution in [1.82, 2.24) is 5.32 Å². The van der Waals surface area contributed by atoms with Crippen LogP contribution < -0.4 is 10.1 Å². The van der Waals surface area contributed by atoms with E-state index in [4.69, 9.17) is 4.74 Å². The molecule has 0 aromatic heterocycles. The summed E-state index contributed by atoms with van der Waals surface area (Å²) in [6.07, 6.45) is 0.565. The minimum Gasteiger partial charge on any atom is -0.480 e. The van der Waals surface area contributed by atoms with Crippen LogP contribution in [-0.2, 0) is 4.79 Å². The number of halogens is 1. The van der Waals surface area contributed by atoms with Crippen LogP contribution in [0.4, 0.5) is 0 Å². The lowest BCUT2D eigenvalue weighted by Crippen LogP contribution is -2.40. The van der Waals surface area contributed by atoms with Crippen molar-refractivity contribution in [2.24, 2.45) is 0 Å². The number of carbonyl (C=O) groups is 1. The molecule has 0 saturated heterocycles. The number of amides is 1. The molecule has 4 atom stereocenters. The molecule has 1 aliphatic heterocycles. The van der Waals surface area contributed by atoms with Crippen molar-refractivity contribution in [3.63, 3.8) is 0 Å². The highest BCUT2D eigenvalue weighted by molar-refractivity contribution is 9.10. The van der Waals surface area contributed by atoms with E-state index in [0.717, 1.165) is 22.2 Å². The van der Waals surface area contributed by atoms with Gasteiger partial charge >= 0.3 is 0 Å². The third-order valence-electron chi connectivity index (χ3n) is 4.80. The number of carbonyl (C=O) groups excluding carboxylic acids is 1. The van der Waals surface area contributed by atoms with E-state index in [-0.39, 0.29) is 17.9 Å². The summed E-state index contributed by atoms with van der Waals surface area (Å²) in [5.41, 5.74) is 2.38. The minimum atomic E-state index is -0.423. The summed E-state index contributed by atoms with van der Waals surface area (Å²) in [7, 11) is 0. The zero-order valence-corrected chi connectivity index (χ0v) is 14.4. The fraction of sp³-hybridized carbons (Fsp3) is 0.316. The second-order valence-corrected chi connectivity index (χ2v) is 7.20. The summed E-state index contributed by atoms with van der Waals surface area (Å²) in [5, 5.41) is 3.15. The van der Waals surface area contributed by atoms with Crippen molar-refractivity contribution in [3.05, 3.63) is 64.1 Å². The lowest BCUT2D eigenvalue weighted by atomic mass is 9.97. The van der Waals surface area contributed by atoms with Gasteiger partial charge in [-0.15, -0.1) is 0 Å². The Balaban J connectivity index is 1.42. The molecule has 1 fully saturated rings. The van der Waals surface area contributed by atoms with Gasteiger partial charge in [0, 0.05) is 27.9 Å². The number of hydrogen-bond acceptors (Lipinski definition) is 2. The molecule has 4 rings (SSSR count). The Hall–Kier alpha value is -1.81. The van der Waals surface area contributed by atoms with E-state index in [1.165, 1.54) is 5.56 Å². The van der Waals surface area contributed by atoms with Gasteiger partial charge in [-0.05, 0) is 24.1 Å². The monoisotopic (exact) mass is 371 g/mol. The summed E-state index contributed by atoms with van der Waals surface area (Å²) < 4.78 is 6.96. The Kier molecular flexibility index (Phi) is 3.64. The number of benzene rings is 2. The Morgan fingerprint density at radius 3 is 2.57 bits per heavy atom. The lowest BCUT2D eigenvalue weighted by Gasteiger charge is -2.15. The van der Waals surface area contributed by atoms with E-state index in [2.05, 4.69) is 27.3 Å². The second-order valence-electron chi connectivity index (χ2n) is 6.34. The van der Waals surface area contributed by atoms with Gasteiger partial charge in [-0.1, -0.05) is 59.3 Å². The van der Waals surface area contributed by atoms with Gasteiger partial charge in [0.25, 0.3) is 5.91 Å². The topological polar surface area (TPSA) is 38.3 Å². The van der Waals surface area contributed by atoms with Crippen LogP contribution >= 0.6 is 15.9 Å². The predicted octanol–water partition coefficient (Wildman–Crippen LogP) is 3.99. The molecule has 0 bridgehead atoms. The Bertz CT molecular complexity index is 761. The number of hydrogen-bond donors (Lipinski definition) is 1. The normalized spacial score (nSPS) is 27.9. The van der Waals surface area contributed by atoms with Gasteiger partial charge in [-0.3, -0.25) is 4.79 Å². The van der Waals surface area contributed by atoms with Crippen LogP contribution in [0.3, 0.4) is 0 Å². The van der Waals surface area contributed by atoms with E-state index in [1.54, 1.807) is 0 Å². The molecule has 1 N–H and O–H groups in total. The zero-order valence-electron chi connectivity index (χ0n) is 12.8. The van der Waals surface area contributed by atoms with Crippen LogP contribution in [0.2, 0.25) is 0 Å². The Morgan fingerprint density at radius 1 is 1.13 bits per heavy atom. The van der Waals surface area contributed by atoms with Crippen LogP contribution in [0, 0.1) is 0 Å². The third-order valence-corrected chi connectivity index (χ3v) is 5.52. The molecule has 1 amide bonds.